The predicted molar refractivity (Wildman–Crippen MR) is 173 cm³/mol. The number of ether oxygens (including phenoxy) is 3. The van der Waals surface area contributed by atoms with Crippen LogP contribution in [0.15, 0.2) is 23.0 Å². The molecule has 1 unspecified atom stereocenters. The zero-order chi connectivity index (χ0) is 32.6. The molecule has 46 heavy (non-hydrogen) atoms. The van der Waals surface area contributed by atoms with E-state index in [9.17, 15) is 19.2 Å². The Morgan fingerprint density at radius 1 is 0.783 bits per heavy atom. The third-order valence-corrected chi connectivity index (χ3v) is 9.89. The lowest BCUT2D eigenvalue weighted by atomic mass is 9.93. The Bertz CT molecular complexity index is 1490. The molecule has 1 atom stereocenters. The smallest absolute Gasteiger partial charge is 0.410 e. The average molecular weight is 640 g/mol. The number of carbonyl (C=O) groups excluding carboxylic acids is 3. The summed E-state index contributed by atoms with van der Waals surface area (Å²) in [6.45, 7) is 8.78. The molecule has 1 aromatic carbocycles. The van der Waals surface area contributed by atoms with Crippen LogP contribution in [-0.2, 0) is 30.8 Å². The number of amides is 3. The van der Waals surface area contributed by atoms with Crippen molar-refractivity contribution < 1.29 is 28.6 Å². The third kappa shape index (κ3) is 7.27. The summed E-state index contributed by atoms with van der Waals surface area (Å²) in [6.07, 6.45) is 8.90. The van der Waals surface area contributed by atoms with E-state index in [2.05, 4.69) is 10.2 Å². The molecular formula is C34H49N5O7. The van der Waals surface area contributed by atoms with Crippen LogP contribution in [-0.4, -0.2) is 88.1 Å². The van der Waals surface area contributed by atoms with Crippen molar-refractivity contribution in [1.82, 2.24) is 19.4 Å². The van der Waals surface area contributed by atoms with Gasteiger partial charge in [0.1, 0.15) is 11.6 Å². The molecule has 1 aliphatic carbocycles. The average Bonchev–Trinajstić information content (AvgIpc) is 3.26. The number of hydrogen-bond donors (Lipinski definition) is 1. The molecule has 3 saturated heterocycles. The standard InChI is InChI=1S/C34H49N5O7/c1-34(2,3)46-33(43)38-19-15-26(16-20-38)45-24-8-6-23(7-9-24)44-25-13-17-37(18-14-25)22-5-10-27-29(21-22)36(4)32(42)39(27)28-11-12-30(40)35-31(28)41/h5,10,21,23-26,28H,6-9,11-20H2,1-4H3,(H,35,40,41). The molecule has 252 valence electrons. The number of imide groups is 1. The normalized spacial score (nSPS) is 25.6. The molecule has 4 heterocycles. The fraction of sp³-hybridized carbons (Fsp3) is 0.706. The fourth-order valence-electron chi connectivity index (χ4n) is 7.38. The van der Waals surface area contributed by atoms with Crippen LogP contribution in [0.2, 0.25) is 0 Å². The first kappa shape index (κ1) is 32.6. The number of imidazole rings is 1. The zero-order valence-corrected chi connectivity index (χ0v) is 27.7. The van der Waals surface area contributed by atoms with Gasteiger partial charge in [-0.2, -0.15) is 0 Å². The zero-order valence-electron chi connectivity index (χ0n) is 27.7. The molecule has 6 rings (SSSR count). The summed E-state index contributed by atoms with van der Waals surface area (Å²) in [7, 11) is 1.73. The van der Waals surface area contributed by atoms with Gasteiger partial charge in [-0.1, -0.05) is 0 Å². The molecule has 0 bridgehead atoms. The second-order valence-corrected chi connectivity index (χ2v) is 14.4. The third-order valence-electron chi connectivity index (χ3n) is 9.89. The van der Waals surface area contributed by atoms with E-state index in [0.29, 0.717) is 25.0 Å². The Morgan fingerprint density at radius 2 is 1.35 bits per heavy atom. The molecule has 4 fully saturated rings. The highest BCUT2D eigenvalue weighted by Gasteiger charge is 2.33. The number of anilines is 1. The van der Waals surface area contributed by atoms with Crippen LogP contribution >= 0.6 is 0 Å². The van der Waals surface area contributed by atoms with Gasteiger partial charge in [0.15, 0.2) is 0 Å². The van der Waals surface area contributed by atoms with Gasteiger partial charge in [-0.05, 0) is 96.8 Å². The number of piperidine rings is 3. The minimum absolute atomic E-state index is 0.197. The van der Waals surface area contributed by atoms with Gasteiger partial charge < -0.3 is 24.0 Å². The quantitative estimate of drug-likeness (QED) is 0.470. The van der Waals surface area contributed by atoms with Gasteiger partial charge >= 0.3 is 11.8 Å². The Kier molecular flexibility index (Phi) is 9.48. The van der Waals surface area contributed by atoms with Gasteiger partial charge in [0.25, 0.3) is 0 Å². The molecule has 0 radical (unpaired) electrons. The monoisotopic (exact) mass is 639 g/mol. The first-order valence-corrected chi connectivity index (χ1v) is 17.0. The molecule has 2 aromatic rings. The summed E-state index contributed by atoms with van der Waals surface area (Å²) in [5.74, 6) is -0.716. The molecule has 12 nitrogen and oxygen atoms in total. The van der Waals surface area contributed by atoms with E-state index in [0.717, 1.165) is 75.7 Å². The van der Waals surface area contributed by atoms with Crippen molar-refractivity contribution in [3.63, 3.8) is 0 Å². The van der Waals surface area contributed by atoms with E-state index in [1.165, 1.54) is 4.57 Å². The summed E-state index contributed by atoms with van der Waals surface area (Å²) in [5.41, 5.74) is 1.80. The number of aryl methyl sites for hydroxylation is 1. The van der Waals surface area contributed by atoms with E-state index in [1.807, 2.05) is 39.0 Å². The lowest BCUT2D eigenvalue weighted by Gasteiger charge is -2.38. The van der Waals surface area contributed by atoms with Crippen molar-refractivity contribution in [3.8, 4) is 0 Å². The molecule has 3 aliphatic heterocycles. The Morgan fingerprint density at radius 3 is 1.91 bits per heavy atom. The molecule has 0 spiro atoms. The predicted octanol–water partition coefficient (Wildman–Crippen LogP) is 4.03. The molecule has 1 N–H and O–H groups in total. The highest BCUT2D eigenvalue weighted by Crippen LogP contribution is 2.31. The van der Waals surface area contributed by atoms with Gasteiger partial charge in [0.2, 0.25) is 11.8 Å². The minimum atomic E-state index is -0.682. The first-order chi connectivity index (χ1) is 21.9. The minimum Gasteiger partial charge on any atom is -0.444 e. The first-order valence-electron chi connectivity index (χ1n) is 17.0. The maximum Gasteiger partial charge on any atom is 0.410 e. The SMILES string of the molecule is Cn1c(=O)n(C2CCC(=O)NC2=O)c2ccc(N3CCC(OC4CCC(OC5CCN(C(=O)OC(C)(C)C)CC5)CC4)CC3)cc21. The molecule has 3 amide bonds. The number of benzene rings is 1. The summed E-state index contributed by atoms with van der Waals surface area (Å²) >= 11 is 0. The van der Waals surface area contributed by atoms with E-state index < -0.39 is 17.6 Å². The molecule has 1 saturated carbocycles. The summed E-state index contributed by atoms with van der Waals surface area (Å²) in [6, 6.07) is 5.29. The van der Waals surface area contributed by atoms with Crippen LogP contribution in [0.4, 0.5) is 10.5 Å². The summed E-state index contributed by atoms with van der Waals surface area (Å²) in [5, 5.41) is 2.37. The van der Waals surface area contributed by atoms with Crippen LogP contribution in [0.25, 0.3) is 11.0 Å². The number of nitrogens with one attached hydrogen (secondary N) is 1. The Hall–Kier alpha value is -3.38. The number of nitrogens with zero attached hydrogens (tertiary/aromatic N) is 4. The second kappa shape index (κ2) is 13.4. The van der Waals surface area contributed by atoms with Crippen molar-refractivity contribution in [2.75, 3.05) is 31.1 Å². The van der Waals surface area contributed by atoms with Crippen molar-refractivity contribution in [1.29, 1.82) is 0 Å². The summed E-state index contributed by atoms with van der Waals surface area (Å²) < 4.78 is 21.7. The van der Waals surface area contributed by atoms with Crippen LogP contribution in [0.1, 0.15) is 91.0 Å². The number of carbonyl (C=O) groups is 3. The lowest BCUT2D eigenvalue weighted by Crippen LogP contribution is -2.44. The molecular weight excluding hydrogens is 590 g/mol. The van der Waals surface area contributed by atoms with Gasteiger partial charge in [0, 0.05) is 45.3 Å². The molecule has 12 heteroatoms. The maximum absolute atomic E-state index is 13.1. The van der Waals surface area contributed by atoms with Gasteiger partial charge in [-0.3, -0.25) is 24.0 Å². The topological polar surface area (TPSA) is 124 Å². The van der Waals surface area contributed by atoms with Crippen LogP contribution in [0, 0.1) is 0 Å². The largest absolute Gasteiger partial charge is 0.444 e. The Balaban J connectivity index is 0.947. The van der Waals surface area contributed by atoms with Crippen molar-refractivity contribution in [2.24, 2.45) is 7.05 Å². The maximum atomic E-state index is 13.1. The second-order valence-electron chi connectivity index (χ2n) is 14.4. The van der Waals surface area contributed by atoms with E-state index in [-0.39, 0.29) is 48.5 Å². The van der Waals surface area contributed by atoms with E-state index >= 15 is 0 Å². The van der Waals surface area contributed by atoms with Crippen molar-refractivity contribution >= 4 is 34.6 Å². The number of likely N-dealkylation sites (tertiary alicyclic amines) is 1. The molecule has 4 aliphatic rings. The van der Waals surface area contributed by atoms with Crippen molar-refractivity contribution in [3.05, 3.63) is 28.7 Å². The summed E-state index contributed by atoms with van der Waals surface area (Å²) in [4.78, 5) is 53.8. The molecule has 1 aromatic heterocycles. The number of fused-ring (bicyclic) bond motifs is 1. The van der Waals surface area contributed by atoms with E-state index in [1.54, 1.807) is 16.5 Å². The number of aromatic nitrogens is 2. The van der Waals surface area contributed by atoms with Crippen molar-refractivity contribution in [2.45, 2.75) is 121 Å². The van der Waals surface area contributed by atoms with Gasteiger partial charge in [-0.15, -0.1) is 0 Å². The highest BCUT2D eigenvalue weighted by atomic mass is 16.6. The van der Waals surface area contributed by atoms with E-state index in [4.69, 9.17) is 14.2 Å². The highest BCUT2D eigenvalue weighted by molar-refractivity contribution is 6.00. The van der Waals surface area contributed by atoms with Crippen LogP contribution in [0.3, 0.4) is 0 Å². The van der Waals surface area contributed by atoms with Gasteiger partial charge in [-0.25, -0.2) is 9.59 Å². The number of rotatable bonds is 6. The van der Waals surface area contributed by atoms with Crippen LogP contribution in [0.5, 0.6) is 0 Å². The fourth-order valence-corrected chi connectivity index (χ4v) is 7.38. The van der Waals surface area contributed by atoms with Gasteiger partial charge in [0.05, 0.1) is 35.4 Å². The Labute approximate surface area is 270 Å². The lowest BCUT2D eigenvalue weighted by molar-refractivity contribution is -0.135. The number of hydrogen-bond acceptors (Lipinski definition) is 8. The van der Waals surface area contributed by atoms with Crippen LogP contribution < -0.4 is 15.9 Å².